The fourth-order valence-electron chi connectivity index (χ4n) is 3.78. The Morgan fingerprint density at radius 2 is 2.00 bits per heavy atom. The minimum Gasteiger partial charge on any atom is -0.370 e. The van der Waals surface area contributed by atoms with E-state index in [0.717, 1.165) is 25.7 Å². The van der Waals surface area contributed by atoms with Crippen molar-refractivity contribution in [2.45, 2.75) is 62.2 Å². The van der Waals surface area contributed by atoms with Gasteiger partial charge in [0.25, 0.3) is 0 Å². The first-order valence-corrected chi connectivity index (χ1v) is 7.93. The van der Waals surface area contributed by atoms with Crippen molar-refractivity contribution in [3.8, 4) is 0 Å². The lowest BCUT2D eigenvalue weighted by atomic mass is 10.1. The van der Waals surface area contributed by atoms with Gasteiger partial charge in [0, 0.05) is 26.1 Å². The summed E-state index contributed by atoms with van der Waals surface area (Å²) in [5, 5.41) is 9.70. The lowest BCUT2D eigenvalue weighted by molar-refractivity contribution is -0.212. The van der Waals surface area contributed by atoms with E-state index in [1.54, 1.807) is 0 Å². The Hall–Kier alpha value is -1.48. The lowest BCUT2D eigenvalue weighted by Crippen LogP contribution is -2.53. The summed E-state index contributed by atoms with van der Waals surface area (Å²) >= 11 is 0. The summed E-state index contributed by atoms with van der Waals surface area (Å²) in [5.41, 5.74) is 0. The largest absolute Gasteiger partial charge is 0.370 e. The highest BCUT2D eigenvalue weighted by Gasteiger charge is 2.60. The van der Waals surface area contributed by atoms with Gasteiger partial charge in [0.15, 0.2) is 24.5 Å². The summed E-state index contributed by atoms with van der Waals surface area (Å²) in [6.07, 6.45) is 3.79. The van der Waals surface area contributed by atoms with Crippen LogP contribution in [-0.4, -0.2) is 70.8 Å². The van der Waals surface area contributed by atoms with Gasteiger partial charge in [0.2, 0.25) is 0 Å². The van der Waals surface area contributed by atoms with Crippen LogP contribution in [0.4, 0.5) is 4.79 Å². The molecule has 3 aliphatic heterocycles. The molecule has 4 rings (SSSR count). The van der Waals surface area contributed by atoms with Crippen LogP contribution in [0.3, 0.4) is 0 Å². The number of urea groups is 1. The molecule has 0 aromatic carbocycles. The van der Waals surface area contributed by atoms with E-state index < -0.39 is 42.6 Å². The SMILES string of the molecule is CN1C(=O)N([C@@H]2O[C@H](C=O)[C@H]3OC4(CCCC4)O[C@H]32)C=CC1O. The Kier molecular flexibility index (Phi) is 3.45. The molecular weight excluding hydrogens is 304 g/mol. The van der Waals surface area contributed by atoms with Gasteiger partial charge in [0.1, 0.15) is 18.3 Å². The molecule has 4 aliphatic rings. The molecule has 8 heteroatoms. The van der Waals surface area contributed by atoms with Gasteiger partial charge in [-0.25, -0.2) is 4.79 Å². The molecule has 0 aromatic rings. The topological polar surface area (TPSA) is 88.5 Å². The number of fused-ring (bicyclic) bond motifs is 1. The first-order valence-electron chi connectivity index (χ1n) is 7.93. The molecule has 0 aromatic heterocycles. The van der Waals surface area contributed by atoms with Crippen molar-refractivity contribution in [1.82, 2.24) is 9.80 Å². The van der Waals surface area contributed by atoms with E-state index in [1.807, 2.05) is 0 Å². The molecule has 0 bridgehead atoms. The maximum Gasteiger partial charge on any atom is 0.328 e. The maximum atomic E-state index is 12.4. The zero-order chi connectivity index (χ0) is 16.2. The molecule has 2 amide bonds. The summed E-state index contributed by atoms with van der Waals surface area (Å²) in [4.78, 5) is 26.3. The number of aliphatic hydroxyl groups is 1. The van der Waals surface area contributed by atoms with Gasteiger partial charge in [-0.2, -0.15) is 0 Å². The number of amides is 2. The molecular formula is C15H20N2O6. The zero-order valence-corrected chi connectivity index (χ0v) is 12.8. The van der Waals surface area contributed by atoms with E-state index in [9.17, 15) is 14.7 Å². The van der Waals surface area contributed by atoms with Crippen LogP contribution >= 0.6 is 0 Å². The van der Waals surface area contributed by atoms with Gasteiger partial charge in [-0.1, -0.05) is 0 Å². The van der Waals surface area contributed by atoms with Gasteiger partial charge in [-0.05, 0) is 18.9 Å². The van der Waals surface area contributed by atoms with E-state index >= 15 is 0 Å². The number of carbonyl (C=O) groups is 2. The van der Waals surface area contributed by atoms with Crippen molar-refractivity contribution in [2.24, 2.45) is 0 Å². The third-order valence-electron chi connectivity index (χ3n) is 5.04. The summed E-state index contributed by atoms with van der Waals surface area (Å²) in [7, 11) is 1.50. The van der Waals surface area contributed by atoms with Crippen molar-refractivity contribution < 1.29 is 28.9 Å². The van der Waals surface area contributed by atoms with Crippen LogP contribution in [0.5, 0.6) is 0 Å². The van der Waals surface area contributed by atoms with Crippen molar-refractivity contribution >= 4 is 12.3 Å². The fourth-order valence-corrected chi connectivity index (χ4v) is 3.78. The molecule has 8 nitrogen and oxygen atoms in total. The Morgan fingerprint density at radius 3 is 2.70 bits per heavy atom. The first kappa shape index (κ1) is 15.1. The van der Waals surface area contributed by atoms with E-state index in [0.29, 0.717) is 6.29 Å². The van der Waals surface area contributed by atoms with Crippen LogP contribution in [0.15, 0.2) is 12.3 Å². The second-order valence-electron chi connectivity index (χ2n) is 6.47. The van der Waals surface area contributed by atoms with Crippen LogP contribution in [0.2, 0.25) is 0 Å². The number of nitrogens with zero attached hydrogens (tertiary/aromatic N) is 2. The second-order valence-corrected chi connectivity index (χ2v) is 6.47. The van der Waals surface area contributed by atoms with Gasteiger partial charge < -0.3 is 24.1 Å². The summed E-state index contributed by atoms with van der Waals surface area (Å²) in [6.45, 7) is 0. The average Bonchev–Trinajstić information content (AvgIpc) is 3.22. The van der Waals surface area contributed by atoms with E-state index in [-0.39, 0.29) is 0 Å². The molecule has 1 saturated carbocycles. The maximum absolute atomic E-state index is 12.4. The molecule has 1 spiro atoms. The molecule has 23 heavy (non-hydrogen) atoms. The van der Waals surface area contributed by atoms with Crippen molar-refractivity contribution in [1.29, 1.82) is 0 Å². The predicted molar refractivity (Wildman–Crippen MR) is 75.8 cm³/mol. The number of aliphatic hydroxyl groups excluding tert-OH is 1. The molecule has 1 aliphatic carbocycles. The normalized spacial score (nSPS) is 41.8. The smallest absolute Gasteiger partial charge is 0.328 e. The van der Waals surface area contributed by atoms with E-state index in [4.69, 9.17) is 14.2 Å². The summed E-state index contributed by atoms with van der Waals surface area (Å²) in [5.74, 6) is -0.646. The highest BCUT2D eigenvalue weighted by molar-refractivity contribution is 5.77. The van der Waals surface area contributed by atoms with Gasteiger partial charge in [-0.15, -0.1) is 0 Å². The van der Waals surface area contributed by atoms with Crippen LogP contribution < -0.4 is 0 Å². The minimum atomic E-state index is -0.972. The van der Waals surface area contributed by atoms with E-state index in [2.05, 4.69) is 0 Å². The standard InChI is InChI=1S/C15H20N2O6/c1-16-10(19)4-7-17(14(16)20)13-12-11(9(8-18)21-13)22-15(23-12)5-2-3-6-15/h4,7-13,19H,2-3,5-6H2,1H3/t9-,10?,11-,12-,13-/m1/s1. The Bertz CT molecular complexity index is 546. The Balaban J connectivity index is 1.61. The number of ether oxygens (including phenoxy) is 3. The monoisotopic (exact) mass is 324 g/mol. The number of likely N-dealkylation sites (N-methyl/N-ethyl adjacent to an activating group) is 1. The van der Waals surface area contributed by atoms with Crippen molar-refractivity contribution in [2.75, 3.05) is 7.05 Å². The fraction of sp³-hybridized carbons (Fsp3) is 0.733. The lowest BCUT2D eigenvalue weighted by Gasteiger charge is -2.36. The summed E-state index contributed by atoms with van der Waals surface area (Å²) < 4.78 is 17.9. The average molecular weight is 324 g/mol. The molecule has 3 fully saturated rings. The highest BCUT2D eigenvalue weighted by Crippen LogP contribution is 2.47. The Labute approximate surface area is 133 Å². The third-order valence-corrected chi connectivity index (χ3v) is 5.04. The number of hydrogen-bond donors (Lipinski definition) is 1. The number of aldehydes is 1. The molecule has 1 unspecified atom stereocenters. The molecule has 126 valence electrons. The van der Waals surface area contributed by atoms with Gasteiger partial charge in [-0.3, -0.25) is 9.80 Å². The van der Waals surface area contributed by atoms with Gasteiger partial charge >= 0.3 is 6.03 Å². The molecule has 2 saturated heterocycles. The minimum absolute atomic E-state index is 0.411. The second kappa shape index (κ2) is 5.27. The molecule has 3 heterocycles. The van der Waals surface area contributed by atoms with Crippen LogP contribution in [0.25, 0.3) is 0 Å². The number of rotatable bonds is 2. The quantitative estimate of drug-likeness (QED) is 0.728. The summed E-state index contributed by atoms with van der Waals surface area (Å²) in [6, 6.07) is -0.411. The molecule has 5 atom stereocenters. The zero-order valence-electron chi connectivity index (χ0n) is 12.8. The van der Waals surface area contributed by atoms with Crippen molar-refractivity contribution in [3.05, 3.63) is 12.3 Å². The number of carbonyl (C=O) groups excluding carboxylic acids is 2. The number of hydrogen-bond acceptors (Lipinski definition) is 6. The predicted octanol–water partition coefficient (Wildman–Crippen LogP) is 0.164. The third kappa shape index (κ3) is 2.20. The van der Waals surface area contributed by atoms with Gasteiger partial charge in [0.05, 0.1) is 0 Å². The highest BCUT2D eigenvalue weighted by atomic mass is 16.8. The first-order chi connectivity index (χ1) is 11.0. The van der Waals surface area contributed by atoms with Crippen LogP contribution in [0, 0.1) is 0 Å². The molecule has 0 radical (unpaired) electrons. The molecule has 1 N–H and O–H groups in total. The Morgan fingerprint density at radius 1 is 1.30 bits per heavy atom. The van der Waals surface area contributed by atoms with Crippen LogP contribution in [0.1, 0.15) is 25.7 Å². The van der Waals surface area contributed by atoms with Crippen LogP contribution in [-0.2, 0) is 19.0 Å². The van der Waals surface area contributed by atoms with Crippen molar-refractivity contribution in [3.63, 3.8) is 0 Å². The van der Waals surface area contributed by atoms with E-state index in [1.165, 1.54) is 29.1 Å².